The summed E-state index contributed by atoms with van der Waals surface area (Å²) in [5.74, 6) is 0.533. The summed E-state index contributed by atoms with van der Waals surface area (Å²) in [6.07, 6.45) is 3.60. The molecule has 0 saturated heterocycles. The van der Waals surface area contributed by atoms with Crippen LogP contribution in [0.5, 0.6) is 0 Å². The van der Waals surface area contributed by atoms with E-state index in [-0.39, 0.29) is 24.8 Å². The molecule has 2 heterocycles. The first-order valence-corrected chi connectivity index (χ1v) is 5.55. The van der Waals surface area contributed by atoms with Crippen molar-refractivity contribution in [3.8, 4) is 0 Å². The Morgan fingerprint density at radius 1 is 1.41 bits per heavy atom. The number of hydrogen-bond donors (Lipinski definition) is 1. The summed E-state index contributed by atoms with van der Waals surface area (Å²) >= 11 is 0. The molecule has 1 aromatic heterocycles. The number of fused-ring (bicyclic) bond motifs is 1. The van der Waals surface area contributed by atoms with E-state index in [4.69, 9.17) is 5.73 Å². The van der Waals surface area contributed by atoms with Crippen LogP contribution in [-0.4, -0.2) is 34.0 Å². The SMILES string of the molecule is CCN1CCc2ncc(N)nc2C[C@@H]1C.Cl.Cl. The van der Waals surface area contributed by atoms with Crippen LogP contribution < -0.4 is 5.73 Å². The van der Waals surface area contributed by atoms with E-state index in [1.54, 1.807) is 6.20 Å². The first-order valence-electron chi connectivity index (χ1n) is 5.55. The van der Waals surface area contributed by atoms with Gasteiger partial charge in [0.1, 0.15) is 5.82 Å². The number of nitrogens with zero attached hydrogens (tertiary/aromatic N) is 3. The van der Waals surface area contributed by atoms with Crippen LogP contribution in [0.2, 0.25) is 0 Å². The molecule has 2 rings (SSSR count). The lowest BCUT2D eigenvalue weighted by molar-refractivity contribution is 0.227. The van der Waals surface area contributed by atoms with Crippen LogP contribution in [0.25, 0.3) is 0 Å². The van der Waals surface area contributed by atoms with Gasteiger partial charge in [0.2, 0.25) is 0 Å². The molecule has 98 valence electrons. The molecule has 2 N–H and O–H groups in total. The fourth-order valence-corrected chi connectivity index (χ4v) is 2.19. The summed E-state index contributed by atoms with van der Waals surface area (Å²) in [5.41, 5.74) is 7.86. The van der Waals surface area contributed by atoms with Crippen LogP contribution in [0, 0.1) is 0 Å². The van der Waals surface area contributed by atoms with Gasteiger partial charge in [0.25, 0.3) is 0 Å². The molecule has 0 spiro atoms. The van der Waals surface area contributed by atoms with Crippen molar-refractivity contribution in [2.24, 2.45) is 0 Å². The van der Waals surface area contributed by atoms with Gasteiger partial charge in [-0.3, -0.25) is 4.98 Å². The minimum absolute atomic E-state index is 0. The largest absolute Gasteiger partial charge is 0.382 e. The van der Waals surface area contributed by atoms with Gasteiger partial charge in [-0.25, -0.2) is 4.98 Å². The van der Waals surface area contributed by atoms with E-state index in [9.17, 15) is 0 Å². The molecular formula is C11H20Cl2N4. The fourth-order valence-electron chi connectivity index (χ4n) is 2.19. The maximum atomic E-state index is 5.66. The number of rotatable bonds is 1. The van der Waals surface area contributed by atoms with Gasteiger partial charge in [-0.1, -0.05) is 6.92 Å². The average Bonchev–Trinajstić information content (AvgIpc) is 2.35. The van der Waals surface area contributed by atoms with Crippen LogP contribution in [0.1, 0.15) is 25.2 Å². The van der Waals surface area contributed by atoms with Crippen molar-refractivity contribution in [3.05, 3.63) is 17.6 Å². The Morgan fingerprint density at radius 3 is 2.76 bits per heavy atom. The number of halogens is 2. The Balaban J connectivity index is 0.00000128. The van der Waals surface area contributed by atoms with Gasteiger partial charge in [0.05, 0.1) is 17.6 Å². The quantitative estimate of drug-likeness (QED) is 0.850. The molecular weight excluding hydrogens is 259 g/mol. The number of hydrogen-bond acceptors (Lipinski definition) is 4. The van der Waals surface area contributed by atoms with Gasteiger partial charge in [-0.05, 0) is 13.5 Å². The fraction of sp³-hybridized carbons (Fsp3) is 0.636. The Labute approximate surface area is 115 Å². The second-order valence-corrected chi connectivity index (χ2v) is 4.12. The van der Waals surface area contributed by atoms with E-state index in [1.807, 2.05) is 0 Å². The first-order chi connectivity index (χ1) is 7.20. The molecule has 6 heteroatoms. The third kappa shape index (κ3) is 3.69. The van der Waals surface area contributed by atoms with E-state index >= 15 is 0 Å². The maximum Gasteiger partial charge on any atom is 0.142 e. The summed E-state index contributed by atoms with van der Waals surface area (Å²) in [6, 6.07) is 0.535. The molecule has 17 heavy (non-hydrogen) atoms. The van der Waals surface area contributed by atoms with Crippen LogP contribution in [0.4, 0.5) is 5.82 Å². The second-order valence-electron chi connectivity index (χ2n) is 4.12. The minimum atomic E-state index is 0. The van der Waals surface area contributed by atoms with Crippen LogP contribution in [0.3, 0.4) is 0 Å². The molecule has 1 aliphatic rings. The van der Waals surface area contributed by atoms with Crippen LogP contribution >= 0.6 is 24.8 Å². The van der Waals surface area contributed by atoms with E-state index < -0.39 is 0 Å². The molecule has 1 aliphatic heterocycles. The number of nitrogens with two attached hydrogens (primary N) is 1. The van der Waals surface area contributed by atoms with Gasteiger partial charge in [0.15, 0.2) is 0 Å². The highest BCUT2D eigenvalue weighted by Gasteiger charge is 2.20. The number of nitrogen functional groups attached to an aromatic ring is 1. The first kappa shape index (κ1) is 16.4. The molecule has 1 atom stereocenters. The zero-order chi connectivity index (χ0) is 10.8. The predicted octanol–water partition coefficient (Wildman–Crippen LogP) is 1.71. The smallest absolute Gasteiger partial charge is 0.142 e. The van der Waals surface area contributed by atoms with E-state index in [0.717, 1.165) is 37.3 Å². The monoisotopic (exact) mass is 278 g/mol. The average molecular weight is 279 g/mol. The lowest BCUT2D eigenvalue weighted by Gasteiger charge is -2.24. The molecule has 0 aliphatic carbocycles. The molecule has 1 aromatic rings. The maximum absolute atomic E-state index is 5.66. The summed E-state index contributed by atoms with van der Waals surface area (Å²) in [7, 11) is 0. The minimum Gasteiger partial charge on any atom is -0.382 e. The van der Waals surface area contributed by atoms with Gasteiger partial charge in [-0.2, -0.15) is 0 Å². The highest BCUT2D eigenvalue weighted by molar-refractivity contribution is 5.85. The Hall–Kier alpha value is -0.580. The number of anilines is 1. The lowest BCUT2D eigenvalue weighted by atomic mass is 10.1. The molecule has 0 amide bonds. The number of likely N-dealkylation sites (N-methyl/N-ethyl adjacent to an activating group) is 1. The topological polar surface area (TPSA) is 55.0 Å². The highest BCUT2D eigenvalue weighted by atomic mass is 35.5. The zero-order valence-corrected chi connectivity index (χ0v) is 11.9. The van der Waals surface area contributed by atoms with E-state index in [2.05, 4.69) is 28.7 Å². The van der Waals surface area contributed by atoms with Crippen molar-refractivity contribution in [3.63, 3.8) is 0 Å². The van der Waals surface area contributed by atoms with Crippen molar-refractivity contribution < 1.29 is 0 Å². The zero-order valence-electron chi connectivity index (χ0n) is 10.2. The van der Waals surface area contributed by atoms with E-state index in [1.165, 1.54) is 0 Å². The summed E-state index contributed by atoms with van der Waals surface area (Å²) < 4.78 is 0. The normalized spacial score (nSPS) is 19.5. The lowest BCUT2D eigenvalue weighted by Crippen LogP contribution is -2.34. The van der Waals surface area contributed by atoms with Crippen molar-refractivity contribution in [1.82, 2.24) is 14.9 Å². The van der Waals surface area contributed by atoms with Gasteiger partial charge >= 0.3 is 0 Å². The third-order valence-corrected chi connectivity index (χ3v) is 3.10. The Kier molecular flexibility index (Phi) is 6.75. The number of aromatic nitrogens is 2. The van der Waals surface area contributed by atoms with Crippen molar-refractivity contribution in [2.45, 2.75) is 32.7 Å². The molecule has 0 unspecified atom stereocenters. The second kappa shape index (κ2) is 6.99. The van der Waals surface area contributed by atoms with Crippen molar-refractivity contribution >= 4 is 30.6 Å². The van der Waals surface area contributed by atoms with Gasteiger partial charge in [-0.15, -0.1) is 24.8 Å². The molecule has 0 bridgehead atoms. The van der Waals surface area contributed by atoms with Crippen molar-refractivity contribution in [1.29, 1.82) is 0 Å². The molecule has 0 saturated carbocycles. The summed E-state index contributed by atoms with van der Waals surface area (Å²) in [4.78, 5) is 11.2. The molecule has 4 nitrogen and oxygen atoms in total. The summed E-state index contributed by atoms with van der Waals surface area (Å²) in [5, 5.41) is 0. The standard InChI is InChI=1S/C11H18N4.2ClH/c1-3-15-5-4-9-10(6-8(15)2)14-11(12)7-13-9;;/h7-8H,3-6H2,1-2H3,(H2,12,14);2*1H/t8-;;/m0../s1. The Bertz CT molecular complexity index is 359. The van der Waals surface area contributed by atoms with E-state index in [0.29, 0.717) is 11.9 Å². The van der Waals surface area contributed by atoms with Crippen LogP contribution in [0.15, 0.2) is 6.20 Å². The molecule has 0 aromatic carbocycles. The molecule has 0 fully saturated rings. The highest BCUT2D eigenvalue weighted by Crippen LogP contribution is 2.16. The van der Waals surface area contributed by atoms with Crippen molar-refractivity contribution in [2.75, 3.05) is 18.8 Å². The van der Waals surface area contributed by atoms with Gasteiger partial charge in [0, 0.05) is 25.4 Å². The molecule has 0 radical (unpaired) electrons. The summed E-state index contributed by atoms with van der Waals surface area (Å²) in [6.45, 7) is 6.60. The van der Waals surface area contributed by atoms with Crippen LogP contribution in [-0.2, 0) is 12.8 Å². The van der Waals surface area contributed by atoms with Gasteiger partial charge < -0.3 is 10.6 Å². The Morgan fingerprint density at radius 2 is 2.12 bits per heavy atom. The predicted molar refractivity (Wildman–Crippen MR) is 75.1 cm³/mol. The third-order valence-electron chi connectivity index (χ3n) is 3.10.